The van der Waals surface area contributed by atoms with Crippen molar-refractivity contribution in [3.05, 3.63) is 59.8 Å². The maximum atomic E-state index is 5.65. The number of aryl methyl sites for hydroxylation is 1. The van der Waals surface area contributed by atoms with Gasteiger partial charge in [-0.15, -0.1) is 10.2 Å². The first-order valence-corrected chi connectivity index (χ1v) is 9.49. The number of hydrogen-bond acceptors (Lipinski definition) is 9. The van der Waals surface area contributed by atoms with Gasteiger partial charge in [-0.25, -0.2) is 0 Å². The molecule has 9 nitrogen and oxygen atoms in total. The smallest absolute Gasteiger partial charge is 0.225 e. The van der Waals surface area contributed by atoms with Gasteiger partial charge in [0.15, 0.2) is 11.0 Å². The number of nitrogen functional groups attached to an aromatic ring is 2. The van der Waals surface area contributed by atoms with Gasteiger partial charge < -0.3 is 15.9 Å². The fourth-order valence-electron chi connectivity index (χ4n) is 2.77. The van der Waals surface area contributed by atoms with E-state index in [0.717, 1.165) is 22.7 Å². The highest BCUT2D eigenvalue weighted by atomic mass is 32.2. The van der Waals surface area contributed by atoms with Crippen LogP contribution in [0, 0.1) is 6.92 Å². The maximum absolute atomic E-state index is 5.65. The second-order valence-electron chi connectivity index (χ2n) is 6.04. The van der Waals surface area contributed by atoms with Gasteiger partial charge in [0, 0.05) is 5.56 Å². The fraction of sp³-hybridized carbons (Fsp3) is 0.167. The lowest BCUT2D eigenvalue weighted by atomic mass is 10.1. The van der Waals surface area contributed by atoms with Crippen LogP contribution < -0.4 is 11.5 Å². The molecule has 0 aliphatic heterocycles. The number of hydrogen-bond donors (Lipinski definition) is 2. The van der Waals surface area contributed by atoms with Gasteiger partial charge in [0.05, 0.1) is 18.6 Å². The molecule has 142 valence electrons. The van der Waals surface area contributed by atoms with Crippen molar-refractivity contribution in [3.63, 3.8) is 0 Å². The van der Waals surface area contributed by atoms with E-state index in [-0.39, 0.29) is 11.9 Å². The van der Waals surface area contributed by atoms with E-state index in [0.29, 0.717) is 23.3 Å². The van der Waals surface area contributed by atoms with E-state index in [1.165, 1.54) is 11.8 Å². The molecule has 0 saturated carbocycles. The Hall–Kier alpha value is -3.40. The van der Waals surface area contributed by atoms with Crippen molar-refractivity contribution in [2.75, 3.05) is 11.5 Å². The van der Waals surface area contributed by atoms with E-state index in [2.05, 4.69) is 25.1 Å². The lowest BCUT2D eigenvalue weighted by molar-refractivity contribution is 0.485. The number of benzene rings is 1. The number of furan rings is 1. The number of aromatic nitrogens is 6. The van der Waals surface area contributed by atoms with Crippen LogP contribution in [-0.4, -0.2) is 29.7 Å². The topological polar surface area (TPSA) is 135 Å². The van der Waals surface area contributed by atoms with Crippen LogP contribution in [0.2, 0.25) is 0 Å². The van der Waals surface area contributed by atoms with Crippen LogP contribution in [0.4, 0.5) is 11.9 Å². The molecule has 3 heterocycles. The third kappa shape index (κ3) is 3.81. The highest BCUT2D eigenvalue weighted by Crippen LogP contribution is 2.28. The van der Waals surface area contributed by atoms with Gasteiger partial charge in [0.25, 0.3) is 0 Å². The van der Waals surface area contributed by atoms with Gasteiger partial charge in [-0.1, -0.05) is 36.0 Å². The van der Waals surface area contributed by atoms with E-state index >= 15 is 0 Å². The Bertz CT molecular complexity index is 1070. The Morgan fingerprint density at radius 3 is 2.50 bits per heavy atom. The summed E-state index contributed by atoms with van der Waals surface area (Å²) in [5, 5.41) is 9.51. The molecule has 0 radical (unpaired) electrons. The molecule has 0 unspecified atom stereocenters. The van der Waals surface area contributed by atoms with Crippen LogP contribution in [0.3, 0.4) is 0 Å². The second kappa shape index (κ2) is 7.69. The molecule has 0 atom stereocenters. The summed E-state index contributed by atoms with van der Waals surface area (Å²) in [7, 11) is 0. The van der Waals surface area contributed by atoms with Gasteiger partial charge in [-0.3, -0.25) is 4.57 Å². The van der Waals surface area contributed by atoms with E-state index in [4.69, 9.17) is 15.9 Å². The van der Waals surface area contributed by atoms with Crippen LogP contribution in [0.1, 0.15) is 17.1 Å². The molecule has 0 fully saturated rings. The van der Waals surface area contributed by atoms with Gasteiger partial charge in [-0.2, -0.15) is 15.0 Å². The second-order valence-corrected chi connectivity index (χ2v) is 6.99. The molecule has 28 heavy (non-hydrogen) atoms. The van der Waals surface area contributed by atoms with Crippen molar-refractivity contribution in [3.8, 4) is 11.4 Å². The van der Waals surface area contributed by atoms with Crippen LogP contribution in [0.5, 0.6) is 0 Å². The summed E-state index contributed by atoms with van der Waals surface area (Å²) in [6, 6.07) is 11.8. The molecular formula is C18H18N8OS. The molecular weight excluding hydrogens is 376 g/mol. The van der Waals surface area contributed by atoms with Crippen LogP contribution in [-0.2, 0) is 12.3 Å². The molecule has 4 rings (SSSR count). The summed E-state index contributed by atoms with van der Waals surface area (Å²) in [4.78, 5) is 12.0. The first-order valence-electron chi connectivity index (χ1n) is 8.50. The summed E-state index contributed by atoms with van der Waals surface area (Å²) in [5.74, 6) is 2.69. The zero-order valence-electron chi connectivity index (χ0n) is 15.1. The molecule has 3 aromatic heterocycles. The molecule has 0 aliphatic carbocycles. The number of nitrogens with zero attached hydrogens (tertiary/aromatic N) is 6. The Morgan fingerprint density at radius 1 is 1.00 bits per heavy atom. The van der Waals surface area contributed by atoms with Crippen molar-refractivity contribution >= 4 is 23.7 Å². The van der Waals surface area contributed by atoms with Crippen LogP contribution >= 0.6 is 11.8 Å². The van der Waals surface area contributed by atoms with Gasteiger partial charge >= 0.3 is 0 Å². The third-order valence-electron chi connectivity index (χ3n) is 4.04. The Kier molecular flexibility index (Phi) is 4.94. The Balaban J connectivity index is 1.67. The number of thioether (sulfide) groups is 1. The average Bonchev–Trinajstić information content (AvgIpc) is 3.30. The summed E-state index contributed by atoms with van der Waals surface area (Å²) >= 11 is 1.44. The summed E-state index contributed by atoms with van der Waals surface area (Å²) in [5.41, 5.74) is 13.4. The normalized spacial score (nSPS) is 11.0. The van der Waals surface area contributed by atoms with Gasteiger partial charge in [-0.05, 0) is 24.6 Å². The van der Waals surface area contributed by atoms with Crippen molar-refractivity contribution in [2.45, 2.75) is 24.4 Å². The van der Waals surface area contributed by atoms with Gasteiger partial charge in [0.2, 0.25) is 11.9 Å². The van der Waals surface area contributed by atoms with Gasteiger partial charge in [0.1, 0.15) is 11.6 Å². The van der Waals surface area contributed by atoms with E-state index < -0.39 is 0 Å². The summed E-state index contributed by atoms with van der Waals surface area (Å²) in [6.45, 7) is 2.55. The summed E-state index contributed by atoms with van der Waals surface area (Å²) in [6.07, 6.45) is 1.65. The fourth-order valence-corrected chi connectivity index (χ4v) is 3.56. The lowest BCUT2D eigenvalue weighted by Gasteiger charge is -2.10. The van der Waals surface area contributed by atoms with E-state index in [1.807, 2.05) is 47.9 Å². The molecule has 4 N–H and O–H groups in total. The third-order valence-corrected chi connectivity index (χ3v) is 5.01. The van der Waals surface area contributed by atoms with Crippen LogP contribution in [0.15, 0.2) is 52.2 Å². The van der Waals surface area contributed by atoms with Crippen molar-refractivity contribution in [2.24, 2.45) is 0 Å². The standard InChI is InChI=1S/C18H18N8OS/c1-11-5-2-3-7-13(11)15-24-25-18(26(15)9-12-6-4-8-27-12)28-10-14-21-16(19)23-17(20)22-14/h2-8H,9-10H2,1H3,(H4,19,20,21,22,23). The minimum atomic E-state index is 0.0979. The molecule has 4 aromatic rings. The largest absolute Gasteiger partial charge is 0.467 e. The number of nitrogens with two attached hydrogens (primary N) is 2. The van der Waals surface area contributed by atoms with Crippen molar-refractivity contribution in [1.82, 2.24) is 29.7 Å². The number of rotatable bonds is 6. The molecule has 10 heteroatoms. The first-order chi connectivity index (χ1) is 13.6. The molecule has 0 aliphatic rings. The Morgan fingerprint density at radius 2 is 1.79 bits per heavy atom. The lowest BCUT2D eigenvalue weighted by Crippen LogP contribution is -2.07. The highest BCUT2D eigenvalue weighted by molar-refractivity contribution is 7.98. The van der Waals surface area contributed by atoms with E-state index in [1.54, 1.807) is 6.26 Å². The van der Waals surface area contributed by atoms with E-state index in [9.17, 15) is 0 Å². The minimum absolute atomic E-state index is 0.0979. The monoisotopic (exact) mass is 394 g/mol. The quantitative estimate of drug-likeness (QED) is 0.473. The molecule has 0 bridgehead atoms. The zero-order valence-corrected chi connectivity index (χ0v) is 15.9. The summed E-state index contributed by atoms with van der Waals surface area (Å²) < 4.78 is 7.54. The SMILES string of the molecule is Cc1ccccc1-c1nnc(SCc2nc(N)nc(N)n2)n1Cc1ccco1. The average molecular weight is 394 g/mol. The molecule has 0 spiro atoms. The number of anilines is 2. The molecule has 0 saturated heterocycles. The molecule has 0 amide bonds. The van der Waals surface area contributed by atoms with Crippen LogP contribution in [0.25, 0.3) is 11.4 Å². The zero-order chi connectivity index (χ0) is 19.5. The Labute approximate surface area is 165 Å². The minimum Gasteiger partial charge on any atom is -0.467 e. The predicted octanol–water partition coefficient (Wildman–Crippen LogP) is 2.54. The predicted molar refractivity (Wildman–Crippen MR) is 106 cm³/mol. The van der Waals surface area contributed by atoms with Crippen molar-refractivity contribution < 1.29 is 4.42 Å². The van der Waals surface area contributed by atoms with Crippen molar-refractivity contribution in [1.29, 1.82) is 0 Å². The molecule has 1 aromatic carbocycles. The maximum Gasteiger partial charge on any atom is 0.225 e. The highest BCUT2D eigenvalue weighted by Gasteiger charge is 2.17. The first kappa shape index (κ1) is 18.0.